The Morgan fingerprint density at radius 2 is 1.84 bits per heavy atom. The Kier molecular flexibility index (Phi) is 7.97. The van der Waals surface area contributed by atoms with Crippen molar-refractivity contribution >= 4 is 11.4 Å². The zero-order valence-corrected chi connectivity index (χ0v) is 26.8. The van der Waals surface area contributed by atoms with Gasteiger partial charge in [0.1, 0.15) is 35.2 Å². The first kappa shape index (κ1) is 34.2. The predicted octanol–water partition coefficient (Wildman–Crippen LogP) is 5.90. The van der Waals surface area contributed by atoms with Crippen LogP contribution in [0, 0.1) is 29.4 Å². The molecule has 264 valence electrons. The molecule has 2 N–H and O–H groups in total. The van der Waals surface area contributed by atoms with Gasteiger partial charge in [-0.3, -0.25) is 9.48 Å². The number of ketones is 1. The number of aromatic nitrogens is 6. The van der Waals surface area contributed by atoms with Gasteiger partial charge in [-0.2, -0.15) is 32.1 Å². The summed E-state index contributed by atoms with van der Waals surface area (Å²) in [5.41, 5.74) is -3.58. The second-order valence-corrected chi connectivity index (χ2v) is 13.4. The standard InChI is InChI=1S/C35H27F7N6O3/c1-33(2,51)8-7-22-4-5-24(18-3-6-27-44-45-32(50)47(27)15-18)29(43-22)19(9-17-10-20(36)13-21(37)11-17)12-23(49)16-48-31-28(30(46-48)35(40,41)42)25-14-26(25)34(31,38)39/h3-6,10-11,13,15,19,25-26,51H,9,12,14,16H2,1-2H3,(H,45,50)/t19-,25+,26-/m1/s1. The molecule has 0 aliphatic heterocycles. The minimum Gasteiger partial charge on any atom is -0.378 e. The molecule has 0 spiro atoms. The van der Waals surface area contributed by atoms with E-state index in [9.17, 15) is 36.6 Å². The van der Waals surface area contributed by atoms with Crippen molar-refractivity contribution in [2.75, 3.05) is 0 Å². The van der Waals surface area contributed by atoms with Crippen molar-refractivity contribution in [3.05, 3.63) is 105 Å². The molecule has 2 aliphatic carbocycles. The molecule has 51 heavy (non-hydrogen) atoms. The Balaban J connectivity index is 1.33. The molecule has 4 heterocycles. The highest BCUT2D eigenvalue weighted by Gasteiger charge is 2.68. The third-order valence-corrected chi connectivity index (χ3v) is 8.94. The number of nitrogens with one attached hydrogen (secondary N) is 1. The number of nitrogens with zero attached hydrogens (tertiary/aromatic N) is 5. The number of carbonyl (C=O) groups is 1. The quantitative estimate of drug-likeness (QED) is 0.153. The van der Waals surface area contributed by atoms with E-state index in [0.717, 1.165) is 12.1 Å². The molecule has 2 aliphatic rings. The van der Waals surface area contributed by atoms with Crippen molar-refractivity contribution in [1.82, 2.24) is 29.4 Å². The number of hydrogen-bond acceptors (Lipinski definition) is 6. The monoisotopic (exact) mass is 712 g/mol. The van der Waals surface area contributed by atoms with Gasteiger partial charge in [-0.25, -0.2) is 28.1 Å². The van der Waals surface area contributed by atoms with E-state index in [1.54, 1.807) is 12.1 Å². The predicted molar refractivity (Wildman–Crippen MR) is 167 cm³/mol. The Morgan fingerprint density at radius 3 is 2.53 bits per heavy atom. The second-order valence-electron chi connectivity index (χ2n) is 13.4. The smallest absolute Gasteiger partial charge is 0.378 e. The zero-order valence-electron chi connectivity index (χ0n) is 26.8. The summed E-state index contributed by atoms with van der Waals surface area (Å²) in [5.74, 6) is -4.26. The molecule has 0 unspecified atom stereocenters. The average Bonchev–Trinajstić information content (AvgIpc) is 3.54. The van der Waals surface area contributed by atoms with E-state index in [2.05, 4.69) is 32.1 Å². The molecule has 0 radical (unpaired) electrons. The van der Waals surface area contributed by atoms with E-state index in [1.807, 2.05) is 0 Å². The van der Waals surface area contributed by atoms with Crippen molar-refractivity contribution in [3.8, 4) is 23.0 Å². The molecule has 0 bridgehead atoms. The number of hydrogen-bond donors (Lipinski definition) is 2. The van der Waals surface area contributed by atoms with Crippen LogP contribution in [0.2, 0.25) is 0 Å². The van der Waals surface area contributed by atoms with Crippen LogP contribution in [0.1, 0.15) is 72.4 Å². The first-order valence-electron chi connectivity index (χ1n) is 15.8. The van der Waals surface area contributed by atoms with Gasteiger partial charge in [-0.15, -0.1) is 0 Å². The van der Waals surface area contributed by atoms with Crippen LogP contribution in [0.3, 0.4) is 0 Å². The molecule has 16 heteroatoms. The van der Waals surface area contributed by atoms with Crippen LogP contribution < -0.4 is 5.69 Å². The van der Waals surface area contributed by atoms with Crippen LogP contribution in [0.25, 0.3) is 16.8 Å². The van der Waals surface area contributed by atoms with E-state index in [0.29, 0.717) is 21.9 Å². The Hall–Kier alpha value is -5.30. The van der Waals surface area contributed by atoms with Gasteiger partial charge >= 0.3 is 11.9 Å². The van der Waals surface area contributed by atoms with Gasteiger partial charge in [0.2, 0.25) is 0 Å². The Labute approximate surface area is 284 Å². The van der Waals surface area contributed by atoms with Crippen LogP contribution >= 0.6 is 0 Å². The molecule has 9 nitrogen and oxygen atoms in total. The highest BCUT2D eigenvalue weighted by molar-refractivity contribution is 5.80. The lowest BCUT2D eigenvalue weighted by Gasteiger charge is -2.21. The number of fused-ring (bicyclic) bond motifs is 4. The van der Waals surface area contributed by atoms with E-state index in [4.69, 9.17) is 0 Å². The van der Waals surface area contributed by atoms with Crippen molar-refractivity contribution in [2.45, 2.75) is 69.2 Å². The lowest BCUT2D eigenvalue weighted by Crippen LogP contribution is -2.24. The van der Waals surface area contributed by atoms with E-state index in [1.165, 1.54) is 36.6 Å². The molecule has 1 aromatic carbocycles. The number of H-pyrrole nitrogens is 1. The van der Waals surface area contributed by atoms with Gasteiger partial charge in [0, 0.05) is 47.2 Å². The zero-order chi connectivity index (χ0) is 36.6. The maximum Gasteiger partial charge on any atom is 0.435 e. The molecule has 3 atom stereocenters. The van der Waals surface area contributed by atoms with Crippen LogP contribution in [0.4, 0.5) is 30.7 Å². The second kappa shape index (κ2) is 11.9. The van der Waals surface area contributed by atoms with Crippen LogP contribution in [0.5, 0.6) is 0 Å². The highest BCUT2D eigenvalue weighted by atomic mass is 19.4. The SMILES string of the molecule is CC(C)(O)C#Cc1ccc(-c2ccc3n[nH]c(=O)n3c2)c([C@@H](CC(=O)Cn2nc(C(F)(F)F)c3c2C(F)(F)[C@@H]2C[C@H]32)Cc2cc(F)cc(F)c2)n1. The molecule has 1 fully saturated rings. The third kappa shape index (κ3) is 6.53. The first-order chi connectivity index (χ1) is 23.9. The maximum atomic E-state index is 15.3. The van der Waals surface area contributed by atoms with Gasteiger partial charge in [-0.1, -0.05) is 5.92 Å². The number of Topliss-reactive ketones (excluding diaryl/α,β-unsaturated/α-hetero) is 1. The van der Waals surface area contributed by atoms with Crippen LogP contribution in [-0.4, -0.2) is 45.9 Å². The summed E-state index contributed by atoms with van der Waals surface area (Å²) >= 11 is 0. The molecule has 1 saturated carbocycles. The van der Waals surface area contributed by atoms with E-state index < -0.39 is 88.5 Å². The number of rotatable bonds is 8. The normalized spacial score (nSPS) is 18.2. The molecular weight excluding hydrogens is 685 g/mol. The Bertz CT molecular complexity index is 2320. The van der Waals surface area contributed by atoms with Crippen LogP contribution in [-0.2, 0) is 29.9 Å². The first-order valence-corrected chi connectivity index (χ1v) is 15.8. The number of carbonyl (C=O) groups excluding carboxylic acids is 1. The molecule has 0 saturated heterocycles. The number of halogens is 7. The fourth-order valence-electron chi connectivity index (χ4n) is 6.76. The number of benzene rings is 1. The average molecular weight is 713 g/mol. The summed E-state index contributed by atoms with van der Waals surface area (Å²) in [5, 5.41) is 19.9. The third-order valence-electron chi connectivity index (χ3n) is 8.94. The minimum absolute atomic E-state index is 0.0958. The molecule has 5 aromatic rings. The van der Waals surface area contributed by atoms with Gasteiger partial charge in [0.25, 0.3) is 5.92 Å². The van der Waals surface area contributed by atoms with Gasteiger partial charge < -0.3 is 5.11 Å². The molecule has 4 aromatic heterocycles. The number of aromatic amines is 1. The van der Waals surface area contributed by atoms with Gasteiger partial charge in [-0.05, 0) is 80.5 Å². The summed E-state index contributed by atoms with van der Waals surface area (Å²) in [6.45, 7) is 1.94. The highest BCUT2D eigenvalue weighted by Crippen LogP contribution is 2.68. The fraction of sp³-hybridized carbons (Fsp3) is 0.343. The van der Waals surface area contributed by atoms with Crippen molar-refractivity contribution in [1.29, 1.82) is 0 Å². The number of aliphatic hydroxyl groups is 1. The summed E-state index contributed by atoms with van der Waals surface area (Å²) in [7, 11) is 0. The van der Waals surface area contributed by atoms with Gasteiger partial charge in [0.15, 0.2) is 17.1 Å². The molecule has 7 rings (SSSR count). The lowest BCUT2D eigenvalue weighted by molar-refractivity contribution is -0.142. The summed E-state index contributed by atoms with van der Waals surface area (Å²) in [4.78, 5) is 30.8. The van der Waals surface area contributed by atoms with Gasteiger partial charge in [0.05, 0.1) is 5.69 Å². The van der Waals surface area contributed by atoms with Crippen molar-refractivity contribution in [2.24, 2.45) is 5.92 Å². The molecular formula is C35H27F7N6O3. The van der Waals surface area contributed by atoms with Crippen molar-refractivity contribution < 1.29 is 40.6 Å². The lowest BCUT2D eigenvalue weighted by atomic mass is 9.86. The Morgan fingerprint density at radius 1 is 1.12 bits per heavy atom. The minimum atomic E-state index is -5.03. The molecule has 0 amide bonds. The maximum absolute atomic E-state index is 15.3. The summed E-state index contributed by atoms with van der Waals surface area (Å²) < 4.78 is 103. The van der Waals surface area contributed by atoms with Crippen LogP contribution in [0.15, 0.2) is 53.5 Å². The van der Waals surface area contributed by atoms with E-state index in [-0.39, 0.29) is 35.4 Å². The number of pyridine rings is 2. The number of alkyl halides is 5. The fourth-order valence-corrected chi connectivity index (χ4v) is 6.76. The van der Waals surface area contributed by atoms with Crippen molar-refractivity contribution in [3.63, 3.8) is 0 Å². The summed E-state index contributed by atoms with van der Waals surface area (Å²) in [6.07, 6.45) is -4.47. The largest absolute Gasteiger partial charge is 0.435 e. The van der Waals surface area contributed by atoms with E-state index >= 15 is 8.78 Å². The topological polar surface area (TPSA) is 118 Å². The summed E-state index contributed by atoms with van der Waals surface area (Å²) in [6, 6.07) is 8.96.